The molecule has 31 heavy (non-hydrogen) atoms. The second-order valence-corrected chi connectivity index (χ2v) is 9.00. The zero-order valence-corrected chi connectivity index (χ0v) is 17.7. The Morgan fingerprint density at radius 3 is 2.65 bits per heavy atom. The van der Waals surface area contributed by atoms with E-state index in [-0.39, 0.29) is 23.5 Å². The van der Waals surface area contributed by atoms with E-state index in [0.717, 1.165) is 17.5 Å². The summed E-state index contributed by atoms with van der Waals surface area (Å²) in [7, 11) is 0. The zero-order valence-electron chi connectivity index (χ0n) is 16.8. The molecule has 0 N–H and O–H groups in total. The minimum absolute atomic E-state index is 0.0491. The van der Waals surface area contributed by atoms with Gasteiger partial charge < -0.3 is 9.80 Å². The van der Waals surface area contributed by atoms with Gasteiger partial charge in [0.25, 0.3) is 5.82 Å². The molecular weight excluding hydrogens is 429 g/mol. The van der Waals surface area contributed by atoms with Gasteiger partial charge in [0.2, 0.25) is 5.91 Å². The van der Waals surface area contributed by atoms with Crippen molar-refractivity contribution in [1.29, 1.82) is 0 Å². The Hall–Kier alpha value is -2.69. The van der Waals surface area contributed by atoms with Crippen LogP contribution in [0.15, 0.2) is 23.6 Å². The highest BCUT2D eigenvalue weighted by Crippen LogP contribution is 2.35. The summed E-state index contributed by atoms with van der Waals surface area (Å²) in [6.07, 6.45) is -2.44. The van der Waals surface area contributed by atoms with Gasteiger partial charge in [-0.3, -0.25) is 4.79 Å². The van der Waals surface area contributed by atoms with E-state index in [1.54, 1.807) is 17.4 Å². The number of hydrogen-bond donors (Lipinski definition) is 0. The molecule has 5 heterocycles. The van der Waals surface area contributed by atoms with Crippen LogP contribution in [0, 0.1) is 5.92 Å². The lowest BCUT2D eigenvalue weighted by Crippen LogP contribution is -2.45. The number of thiophene rings is 1. The number of alkyl halides is 3. The molecule has 3 aromatic rings. The summed E-state index contributed by atoms with van der Waals surface area (Å²) in [6.45, 7) is 3.93. The average molecular weight is 450 g/mol. The first-order valence-corrected chi connectivity index (χ1v) is 11.1. The van der Waals surface area contributed by atoms with E-state index in [1.165, 1.54) is 16.5 Å². The third-order valence-corrected chi connectivity index (χ3v) is 7.23. The molecule has 0 saturated carbocycles. The van der Waals surface area contributed by atoms with Gasteiger partial charge in [-0.25, -0.2) is 0 Å². The van der Waals surface area contributed by atoms with Crippen LogP contribution in [0.3, 0.4) is 0 Å². The minimum Gasteiger partial charge on any atom is -0.355 e. The maximum Gasteiger partial charge on any atom is 0.453 e. The van der Waals surface area contributed by atoms with Gasteiger partial charge in [0.15, 0.2) is 5.65 Å². The monoisotopic (exact) mass is 450 g/mol. The number of anilines is 1. The Bertz CT molecular complexity index is 1120. The van der Waals surface area contributed by atoms with E-state index in [2.05, 4.69) is 33.7 Å². The molecule has 164 valence electrons. The molecule has 0 unspecified atom stereocenters. The summed E-state index contributed by atoms with van der Waals surface area (Å²) in [5, 5.41) is 13.0. The first-order valence-electron chi connectivity index (χ1n) is 10.2. The highest BCUT2D eigenvalue weighted by molar-refractivity contribution is 7.10. The van der Waals surface area contributed by atoms with Crippen molar-refractivity contribution >= 4 is 28.7 Å². The summed E-state index contributed by atoms with van der Waals surface area (Å²) < 4.78 is 40.1. The molecule has 2 aliphatic rings. The van der Waals surface area contributed by atoms with Gasteiger partial charge >= 0.3 is 6.18 Å². The number of halogens is 3. The van der Waals surface area contributed by atoms with Gasteiger partial charge in [-0.15, -0.1) is 26.6 Å². The summed E-state index contributed by atoms with van der Waals surface area (Å²) in [5.74, 6) is -0.618. The van der Waals surface area contributed by atoms with Crippen LogP contribution in [0.2, 0.25) is 0 Å². The third-order valence-electron chi connectivity index (χ3n) is 6.23. The molecule has 1 fully saturated rings. The number of fused-ring (bicyclic) bond motifs is 2. The van der Waals surface area contributed by atoms with Crippen LogP contribution in [0.4, 0.5) is 19.0 Å². The second-order valence-electron chi connectivity index (χ2n) is 8.00. The van der Waals surface area contributed by atoms with Crippen molar-refractivity contribution < 1.29 is 18.0 Å². The fourth-order valence-electron chi connectivity index (χ4n) is 4.53. The van der Waals surface area contributed by atoms with Crippen LogP contribution in [0.25, 0.3) is 5.65 Å². The summed E-state index contributed by atoms with van der Waals surface area (Å²) >= 11 is 1.75. The van der Waals surface area contributed by atoms with Crippen LogP contribution in [0.5, 0.6) is 0 Å². The van der Waals surface area contributed by atoms with Crippen molar-refractivity contribution in [3.05, 3.63) is 39.8 Å². The van der Waals surface area contributed by atoms with Gasteiger partial charge in [0, 0.05) is 30.4 Å². The van der Waals surface area contributed by atoms with Gasteiger partial charge in [-0.1, -0.05) is 0 Å². The Balaban J connectivity index is 1.28. The van der Waals surface area contributed by atoms with Crippen LogP contribution in [0.1, 0.15) is 42.1 Å². The molecule has 0 bridgehead atoms. The van der Waals surface area contributed by atoms with Crippen molar-refractivity contribution in [2.24, 2.45) is 5.92 Å². The molecule has 2 aliphatic heterocycles. The maximum atomic E-state index is 13.2. The smallest absolute Gasteiger partial charge is 0.355 e. The van der Waals surface area contributed by atoms with Gasteiger partial charge in [0.05, 0.1) is 6.04 Å². The summed E-state index contributed by atoms with van der Waals surface area (Å²) in [5.41, 5.74) is 1.29. The van der Waals surface area contributed by atoms with Crippen molar-refractivity contribution in [2.45, 2.75) is 38.4 Å². The number of hydrogen-bond acceptors (Lipinski definition) is 6. The molecule has 7 nitrogen and oxygen atoms in total. The number of aromatic nitrogens is 4. The molecule has 1 atom stereocenters. The first kappa shape index (κ1) is 20.2. The number of carbonyl (C=O) groups excluding carboxylic acids is 1. The molecule has 0 aliphatic carbocycles. The van der Waals surface area contributed by atoms with Crippen LogP contribution >= 0.6 is 11.3 Å². The fourth-order valence-corrected chi connectivity index (χ4v) is 5.49. The Labute approximate surface area is 180 Å². The van der Waals surface area contributed by atoms with Crippen molar-refractivity contribution in [1.82, 2.24) is 24.7 Å². The lowest BCUT2D eigenvalue weighted by atomic mass is 9.92. The Kier molecular flexibility index (Phi) is 4.87. The number of piperidine rings is 1. The standard InChI is InChI=1S/C20H21F3N6OS/c1-12-14-7-11-31-15(14)6-10-28(12)18(30)13-4-8-27(9-5-13)17-3-2-16-24-25-19(20(21,22)23)29(16)26-17/h2-3,7,11-13H,4-6,8-10H2,1H3/t12-/m0/s1. The largest absolute Gasteiger partial charge is 0.453 e. The van der Waals surface area contributed by atoms with E-state index in [9.17, 15) is 18.0 Å². The van der Waals surface area contributed by atoms with Crippen LogP contribution in [-0.4, -0.2) is 50.3 Å². The van der Waals surface area contributed by atoms with E-state index in [1.807, 2.05) is 9.80 Å². The summed E-state index contributed by atoms with van der Waals surface area (Å²) in [6, 6.07) is 5.32. The third kappa shape index (κ3) is 3.54. The van der Waals surface area contributed by atoms with E-state index in [4.69, 9.17) is 0 Å². The van der Waals surface area contributed by atoms with E-state index in [0.29, 0.717) is 31.7 Å². The molecule has 5 rings (SSSR count). The highest BCUT2D eigenvalue weighted by Gasteiger charge is 2.38. The van der Waals surface area contributed by atoms with Crippen molar-refractivity contribution in [3.63, 3.8) is 0 Å². The van der Waals surface area contributed by atoms with E-state index < -0.39 is 12.0 Å². The quantitative estimate of drug-likeness (QED) is 0.597. The van der Waals surface area contributed by atoms with Crippen LogP contribution in [-0.2, 0) is 17.4 Å². The zero-order chi connectivity index (χ0) is 21.8. The Morgan fingerprint density at radius 2 is 1.90 bits per heavy atom. The molecule has 0 spiro atoms. The average Bonchev–Trinajstić information content (AvgIpc) is 3.40. The van der Waals surface area contributed by atoms with Crippen molar-refractivity contribution in [2.75, 3.05) is 24.5 Å². The lowest BCUT2D eigenvalue weighted by Gasteiger charge is -2.39. The molecular formula is C20H21F3N6OS. The number of rotatable bonds is 2. The predicted molar refractivity (Wildman–Crippen MR) is 109 cm³/mol. The molecule has 11 heteroatoms. The van der Waals surface area contributed by atoms with Gasteiger partial charge in [-0.05, 0) is 55.3 Å². The number of nitrogens with zero attached hydrogens (tertiary/aromatic N) is 6. The normalized spacial score (nSPS) is 20.3. The summed E-state index contributed by atoms with van der Waals surface area (Å²) in [4.78, 5) is 18.4. The second kappa shape index (κ2) is 7.47. The molecule has 0 radical (unpaired) electrons. The number of carbonyl (C=O) groups is 1. The highest BCUT2D eigenvalue weighted by atomic mass is 32.1. The van der Waals surface area contributed by atoms with Crippen molar-refractivity contribution in [3.8, 4) is 0 Å². The predicted octanol–water partition coefficient (Wildman–Crippen LogP) is 3.57. The Morgan fingerprint density at radius 1 is 1.13 bits per heavy atom. The molecule has 3 aromatic heterocycles. The molecule has 1 amide bonds. The number of amides is 1. The SMILES string of the molecule is C[C@H]1c2ccsc2CCN1C(=O)C1CCN(c2ccc3nnc(C(F)(F)F)n3n2)CC1. The topological polar surface area (TPSA) is 66.6 Å². The molecule has 1 saturated heterocycles. The molecule has 0 aromatic carbocycles. The maximum absolute atomic E-state index is 13.2. The minimum atomic E-state index is -4.63. The van der Waals surface area contributed by atoms with Crippen LogP contribution < -0.4 is 4.90 Å². The van der Waals surface area contributed by atoms with Gasteiger partial charge in [-0.2, -0.15) is 17.7 Å². The lowest BCUT2D eigenvalue weighted by molar-refractivity contribution is -0.146. The first-order chi connectivity index (χ1) is 14.8. The fraction of sp³-hybridized carbons (Fsp3) is 0.500. The van der Waals surface area contributed by atoms with E-state index >= 15 is 0 Å². The van der Waals surface area contributed by atoms with Gasteiger partial charge in [0.1, 0.15) is 5.82 Å².